The van der Waals surface area contributed by atoms with Gasteiger partial charge in [-0.3, -0.25) is 19.8 Å². The lowest BCUT2D eigenvalue weighted by atomic mass is 10.2. The van der Waals surface area contributed by atoms with Crippen molar-refractivity contribution < 1.29 is 9.72 Å². The third-order valence-corrected chi connectivity index (χ3v) is 2.68. The van der Waals surface area contributed by atoms with Gasteiger partial charge in [0.25, 0.3) is 6.54 Å². The van der Waals surface area contributed by atoms with E-state index in [1.165, 1.54) is 4.90 Å². The summed E-state index contributed by atoms with van der Waals surface area (Å²) < 4.78 is 0. The Labute approximate surface area is 115 Å². The number of carbonyl (C=O) groups excluding carboxylic acids is 1. The van der Waals surface area contributed by atoms with Crippen LogP contribution in [-0.2, 0) is 4.79 Å². The minimum Gasteiger partial charge on any atom is -0.399 e. The van der Waals surface area contributed by atoms with Gasteiger partial charge in [0.15, 0.2) is 0 Å². The monoisotopic (exact) mass is 271 g/mol. The van der Waals surface area contributed by atoms with E-state index in [4.69, 9.17) is 5.73 Å². The van der Waals surface area contributed by atoms with Gasteiger partial charge in [-0.2, -0.15) is 0 Å². The molecule has 0 fully saturated rings. The van der Waals surface area contributed by atoms with Crippen molar-refractivity contribution in [3.05, 3.63) is 64.7 Å². The summed E-state index contributed by atoms with van der Waals surface area (Å²) >= 11 is 0. The molecule has 0 spiro atoms. The first-order valence-electron chi connectivity index (χ1n) is 5.93. The molecule has 0 aliphatic heterocycles. The van der Waals surface area contributed by atoms with Crippen LogP contribution < -0.4 is 10.6 Å². The number of nitrogen functional groups attached to an aromatic ring is 1. The zero-order chi connectivity index (χ0) is 14.5. The molecule has 0 aliphatic rings. The van der Waals surface area contributed by atoms with Crippen LogP contribution in [0.3, 0.4) is 0 Å². The molecule has 2 N–H and O–H groups in total. The average molecular weight is 271 g/mol. The van der Waals surface area contributed by atoms with Gasteiger partial charge < -0.3 is 5.73 Å². The van der Waals surface area contributed by atoms with Gasteiger partial charge >= 0.3 is 5.91 Å². The fourth-order valence-electron chi connectivity index (χ4n) is 1.82. The molecule has 0 aromatic heterocycles. The van der Waals surface area contributed by atoms with Crippen LogP contribution in [0.4, 0.5) is 17.1 Å². The summed E-state index contributed by atoms with van der Waals surface area (Å²) in [5.41, 5.74) is 7.28. The first kappa shape index (κ1) is 13.5. The predicted molar refractivity (Wildman–Crippen MR) is 76.3 cm³/mol. The molecular weight excluding hydrogens is 258 g/mol. The van der Waals surface area contributed by atoms with Crippen molar-refractivity contribution in [1.82, 2.24) is 0 Å². The fraction of sp³-hybridized carbons (Fsp3) is 0.0714. The van der Waals surface area contributed by atoms with E-state index >= 15 is 0 Å². The normalized spacial score (nSPS) is 10.0. The molecule has 2 aromatic rings. The quantitative estimate of drug-likeness (QED) is 0.524. The maximum atomic E-state index is 12.1. The fourth-order valence-corrected chi connectivity index (χ4v) is 1.82. The minimum absolute atomic E-state index is 0.539. The number of carbonyl (C=O) groups is 1. The molecule has 102 valence electrons. The Morgan fingerprint density at radius 2 is 1.60 bits per heavy atom. The predicted octanol–water partition coefficient (Wildman–Crippen LogP) is 2.21. The standard InChI is InChI=1S/C14H13N3O3/c15-11-6-8-13(9-7-11)17(14(18)10-16(19)20)12-4-2-1-3-5-12/h1-9H,10,15H2. The Morgan fingerprint density at radius 1 is 1.05 bits per heavy atom. The van der Waals surface area contributed by atoms with Crippen LogP contribution in [0.1, 0.15) is 0 Å². The number of amides is 1. The molecule has 0 radical (unpaired) electrons. The van der Waals surface area contributed by atoms with Crippen LogP contribution in [0.15, 0.2) is 54.6 Å². The first-order valence-corrected chi connectivity index (χ1v) is 5.93. The molecule has 0 bridgehead atoms. The zero-order valence-electron chi connectivity index (χ0n) is 10.6. The molecule has 1 amide bonds. The highest BCUT2D eigenvalue weighted by molar-refractivity contribution is 6.01. The summed E-state index contributed by atoms with van der Waals surface area (Å²) in [6, 6.07) is 15.4. The number of nitro groups is 1. The molecule has 0 saturated heterocycles. The van der Waals surface area contributed by atoms with Gasteiger partial charge in [0.2, 0.25) is 0 Å². The lowest BCUT2D eigenvalue weighted by molar-refractivity contribution is -0.467. The van der Waals surface area contributed by atoms with Crippen molar-refractivity contribution in [2.75, 3.05) is 17.2 Å². The number of nitrogens with zero attached hydrogens (tertiary/aromatic N) is 2. The van der Waals surface area contributed by atoms with E-state index in [1.807, 2.05) is 6.07 Å². The molecule has 0 saturated carbocycles. The van der Waals surface area contributed by atoms with E-state index in [-0.39, 0.29) is 0 Å². The third kappa shape index (κ3) is 3.11. The lowest BCUT2D eigenvalue weighted by Gasteiger charge is -2.21. The third-order valence-electron chi connectivity index (χ3n) is 2.68. The SMILES string of the molecule is Nc1ccc(N(C(=O)C[N+](=O)[O-])c2ccccc2)cc1. The Balaban J connectivity index is 2.41. The summed E-state index contributed by atoms with van der Waals surface area (Å²) in [6.45, 7) is -0.765. The number of hydrogen-bond donors (Lipinski definition) is 1. The van der Waals surface area contributed by atoms with Crippen LogP contribution in [0.2, 0.25) is 0 Å². The second-order valence-corrected chi connectivity index (χ2v) is 4.15. The second kappa shape index (κ2) is 5.83. The van der Waals surface area contributed by atoms with Gasteiger partial charge in [-0.15, -0.1) is 0 Å². The molecule has 6 heteroatoms. The molecule has 2 rings (SSSR count). The highest BCUT2D eigenvalue weighted by atomic mass is 16.6. The van der Waals surface area contributed by atoms with Gasteiger partial charge in [0, 0.05) is 22.0 Å². The van der Waals surface area contributed by atoms with E-state index in [2.05, 4.69) is 0 Å². The maximum absolute atomic E-state index is 12.1. The summed E-state index contributed by atoms with van der Waals surface area (Å²) in [7, 11) is 0. The van der Waals surface area contributed by atoms with Crippen molar-refractivity contribution >= 4 is 23.0 Å². The highest BCUT2D eigenvalue weighted by Gasteiger charge is 2.22. The van der Waals surface area contributed by atoms with Crippen molar-refractivity contribution in [3.63, 3.8) is 0 Å². The second-order valence-electron chi connectivity index (χ2n) is 4.15. The van der Waals surface area contributed by atoms with Crippen LogP contribution in [-0.4, -0.2) is 17.4 Å². The summed E-state index contributed by atoms with van der Waals surface area (Å²) in [5, 5.41) is 10.6. The first-order chi connectivity index (χ1) is 9.58. The number of nitrogens with two attached hydrogens (primary N) is 1. The van der Waals surface area contributed by atoms with Crippen molar-refractivity contribution in [2.45, 2.75) is 0 Å². The molecule has 0 unspecified atom stereocenters. The summed E-state index contributed by atoms with van der Waals surface area (Å²) in [6.07, 6.45) is 0. The Hall–Kier alpha value is -2.89. The number of hydrogen-bond acceptors (Lipinski definition) is 4. The molecule has 0 aliphatic carbocycles. The van der Waals surface area contributed by atoms with E-state index in [1.54, 1.807) is 48.5 Å². The molecule has 6 nitrogen and oxygen atoms in total. The van der Waals surface area contributed by atoms with Crippen LogP contribution in [0.5, 0.6) is 0 Å². The Kier molecular flexibility index (Phi) is 3.95. The van der Waals surface area contributed by atoms with E-state index < -0.39 is 17.4 Å². The van der Waals surface area contributed by atoms with Crippen LogP contribution >= 0.6 is 0 Å². The molecule has 0 atom stereocenters. The largest absolute Gasteiger partial charge is 0.399 e. The van der Waals surface area contributed by atoms with Gasteiger partial charge in [-0.1, -0.05) is 18.2 Å². The molecule has 20 heavy (non-hydrogen) atoms. The lowest BCUT2D eigenvalue weighted by Crippen LogP contribution is -2.31. The number of rotatable bonds is 4. The van der Waals surface area contributed by atoms with Gasteiger partial charge in [-0.25, -0.2) is 0 Å². The highest BCUT2D eigenvalue weighted by Crippen LogP contribution is 2.26. The number of para-hydroxylation sites is 1. The van der Waals surface area contributed by atoms with Crippen LogP contribution in [0, 0.1) is 10.1 Å². The smallest absolute Gasteiger partial charge is 0.303 e. The zero-order valence-corrected chi connectivity index (χ0v) is 10.6. The molecule has 2 aromatic carbocycles. The van der Waals surface area contributed by atoms with Gasteiger partial charge in [-0.05, 0) is 36.4 Å². The summed E-state index contributed by atoms with van der Waals surface area (Å²) in [4.78, 5) is 23.3. The maximum Gasteiger partial charge on any atom is 0.303 e. The summed E-state index contributed by atoms with van der Waals surface area (Å²) in [5.74, 6) is -0.606. The number of anilines is 3. The van der Waals surface area contributed by atoms with Gasteiger partial charge in [0.1, 0.15) is 0 Å². The van der Waals surface area contributed by atoms with E-state index in [0.29, 0.717) is 17.1 Å². The Bertz CT molecular complexity index is 611. The van der Waals surface area contributed by atoms with Gasteiger partial charge in [0.05, 0.1) is 0 Å². The topological polar surface area (TPSA) is 89.5 Å². The Morgan fingerprint density at radius 3 is 2.15 bits per heavy atom. The van der Waals surface area contributed by atoms with E-state index in [9.17, 15) is 14.9 Å². The average Bonchev–Trinajstić information content (AvgIpc) is 2.42. The minimum atomic E-state index is -0.765. The van der Waals surface area contributed by atoms with E-state index in [0.717, 1.165) is 0 Å². The van der Waals surface area contributed by atoms with Crippen LogP contribution in [0.25, 0.3) is 0 Å². The van der Waals surface area contributed by atoms with Crippen molar-refractivity contribution in [2.24, 2.45) is 0 Å². The van der Waals surface area contributed by atoms with Crippen molar-refractivity contribution in [3.8, 4) is 0 Å². The molecular formula is C14H13N3O3. The van der Waals surface area contributed by atoms with Crippen molar-refractivity contribution in [1.29, 1.82) is 0 Å². The molecule has 0 heterocycles. The number of benzene rings is 2.